The number of nitro groups is 1. The van der Waals surface area contributed by atoms with Crippen molar-refractivity contribution in [1.29, 1.82) is 0 Å². The molecule has 22 heavy (non-hydrogen) atoms. The summed E-state index contributed by atoms with van der Waals surface area (Å²) in [5.41, 5.74) is -0.230. The second kappa shape index (κ2) is 7.56. The maximum Gasteiger partial charge on any atom is 0.300 e. The van der Waals surface area contributed by atoms with Crippen LogP contribution in [0.15, 0.2) is 18.2 Å². The van der Waals surface area contributed by atoms with Crippen LogP contribution in [0.25, 0.3) is 0 Å². The second-order valence-corrected chi connectivity index (χ2v) is 5.84. The number of carbonyl (C=O) groups excluding carboxylic acids is 1. The average molecular weight is 326 g/mol. The van der Waals surface area contributed by atoms with Gasteiger partial charge in [0.05, 0.1) is 4.92 Å². The molecule has 0 saturated carbocycles. The summed E-state index contributed by atoms with van der Waals surface area (Å²) in [7, 11) is 0. The molecular weight excluding hydrogens is 306 g/mol. The van der Waals surface area contributed by atoms with Crippen LogP contribution in [0.4, 0.5) is 5.69 Å². The van der Waals surface area contributed by atoms with Gasteiger partial charge in [0.2, 0.25) is 0 Å². The van der Waals surface area contributed by atoms with E-state index in [9.17, 15) is 14.9 Å². The van der Waals surface area contributed by atoms with Crippen molar-refractivity contribution in [1.82, 2.24) is 10.2 Å². The van der Waals surface area contributed by atoms with Crippen LogP contribution in [0.5, 0.6) is 0 Å². The lowest BCUT2D eigenvalue weighted by Gasteiger charge is -2.32. The van der Waals surface area contributed by atoms with Crippen LogP contribution in [0.2, 0.25) is 5.02 Å². The summed E-state index contributed by atoms with van der Waals surface area (Å²) in [6.07, 6.45) is 1.82. The van der Waals surface area contributed by atoms with Crippen molar-refractivity contribution >= 4 is 23.2 Å². The number of likely N-dealkylation sites (tertiary alicyclic amines) is 1. The van der Waals surface area contributed by atoms with Gasteiger partial charge in [-0.15, -0.1) is 0 Å². The van der Waals surface area contributed by atoms with Crippen molar-refractivity contribution in [2.24, 2.45) is 5.92 Å². The zero-order valence-corrected chi connectivity index (χ0v) is 13.3. The van der Waals surface area contributed by atoms with Crippen LogP contribution in [0.1, 0.15) is 30.1 Å². The van der Waals surface area contributed by atoms with Gasteiger partial charge in [-0.25, -0.2) is 0 Å². The highest BCUT2D eigenvalue weighted by atomic mass is 35.5. The van der Waals surface area contributed by atoms with Crippen LogP contribution >= 0.6 is 11.6 Å². The first-order valence-electron chi connectivity index (χ1n) is 7.47. The lowest BCUT2D eigenvalue weighted by molar-refractivity contribution is -0.385. The number of amides is 1. The minimum absolute atomic E-state index is 0.00196. The van der Waals surface area contributed by atoms with Gasteiger partial charge in [0.1, 0.15) is 10.6 Å². The summed E-state index contributed by atoms with van der Waals surface area (Å²) < 4.78 is 0. The molecule has 2 rings (SSSR count). The molecule has 7 heteroatoms. The fraction of sp³-hybridized carbons (Fsp3) is 0.533. The Hall–Kier alpha value is -1.66. The first kappa shape index (κ1) is 16.7. The van der Waals surface area contributed by atoms with Crippen LogP contribution in [0, 0.1) is 16.0 Å². The maximum atomic E-state index is 12.5. The van der Waals surface area contributed by atoms with Crippen molar-refractivity contribution in [3.05, 3.63) is 38.9 Å². The largest absolute Gasteiger partial charge is 0.338 e. The standard InChI is InChI=1S/C15H20ClN3O3/c1-2-17-10-11-6-8-18(9-7-11)15(20)12-4-3-5-13(16)14(12)19(21)22/h3-5,11,17H,2,6-10H2,1H3. The van der Waals surface area contributed by atoms with E-state index in [0.29, 0.717) is 19.0 Å². The molecule has 0 spiro atoms. The maximum absolute atomic E-state index is 12.5. The van der Waals surface area contributed by atoms with E-state index < -0.39 is 4.92 Å². The van der Waals surface area contributed by atoms with Crippen LogP contribution in [-0.4, -0.2) is 41.9 Å². The fourth-order valence-electron chi connectivity index (χ4n) is 2.73. The molecule has 0 aliphatic carbocycles. The lowest BCUT2D eigenvalue weighted by Crippen LogP contribution is -2.41. The third-order valence-corrected chi connectivity index (χ3v) is 4.29. The predicted octanol–water partition coefficient (Wildman–Crippen LogP) is 2.71. The van der Waals surface area contributed by atoms with Crippen molar-refractivity contribution < 1.29 is 9.72 Å². The van der Waals surface area contributed by atoms with E-state index in [1.165, 1.54) is 12.1 Å². The van der Waals surface area contributed by atoms with E-state index in [4.69, 9.17) is 11.6 Å². The molecule has 1 heterocycles. The number of hydrogen-bond acceptors (Lipinski definition) is 4. The van der Waals surface area contributed by atoms with Gasteiger partial charge in [-0.05, 0) is 44.0 Å². The molecule has 1 amide bonds. The van der Waals surface area contributed by atoms with E-state index in [1.54, 1.807) is 11.0 Å². The SMILES string of the molecule is CCNCC1CCN(C(=O)c2cccc(Cl)c2[N+](=O)[O-])CC1. The van der Waals surface area contributed by atoms with Crippen molar-refractivity contribution in [3.63, 3.8) is 0 Å². The highest BCUT2D eigenvalue weighted by molar-refractivity contribution is 6.33. The molecule has 1 fully saturated rings. The molecule has 0 bridgehead atoms. The molecule has 6 nitrogen and oxygen atoms in total. The van der Waals surface area contributed by atoms with Gasteiger partial charge in [-0.1, -0.05) is 24.6 Å². The predicted molar refractivity (Wildman–Crippen MR) is 85.3 cm³/mol. The fourth-order valence-corrected chi connectivity index (χ4v) is 2.98. The molecule has 1 aliphatic heterocycles. The minimum atomic E-state index is -0.590. The molecule has 1 aliphatic rings. The average Bonchev–Trinajstić information content (AvgIpc) is 2.52. The molecule has 1 saturated heterocycles. The van der Waals surface area contributed by atoms with Gasteiger partial charge in [0.25, 0.3) is 5.91 Å². The molecule has 120 valence electrons. The molecule has 1 aromatic carbocycles. The Morgan fingerprint density at radius 3 is 2.73 bits per heavy atom. The number of nitrogens with one attached hydrogen (secondary N) is 1. The Bertz CT molecular complexity index is 557. The zero-order chi connectivity index (χ0) is 16.1. The Labute approximate surface area is 134 Å². The van der Waals surface area contributed by atoms with Gasteiger partial charge in [-0.2, -0.15) is 0 Å². The second-order valence-electron chi connectivity index (χ2n) is 5.44. The van der Waals surface area contributed by atoms with Crippen molar-refractivity contribution in [3.8, 4) is 0 Å². The number of piperidine rings is 1. The molecule has 0 radical (unpaired) electrons. The normalized spacial score (nSPS) is 15.8. The molecule has 1 aromatic rings. The Morgan fingerprint density at radius 2 is 2.14 bits per heavy atom. The van der Waals surface area contributed by atoms with Gasteiger partial charge < -0.3 is 10.2 Å². The van der Waals surface area contributed by atoms with E-state index in [2.05, 4.69) is 12.2 Å². The Balaban J connectivity index is 2.08. The molecule has 0 atom stereocenters. The number of nitro benzene ring substituents is 1. The molecule has 0 unspecified atom stereocenters. The topological polar surface area (TPSA) is 75.5 Å². The number of benzene rings is 1. The van der Waals surface area contributed by atoms with Crippen molar-refractivity contribution in [2.45, 2.75) is 19.8 Å². The first-order valence-corrected chi connectivity index (χ1v) is 7.85. The zero-order valence-electron chi connectivity index (χ0n) is 12.5. The molecular formula is C15H20ClN3O3. The number of halogens is 1. The monoisotopic (exact) mass is 325 g/mol. The van der Waals surface area contributed by atoms with Gasteiger partial charge in [-0.3, -0.25) is 14.9 Å². The smallest absolute Gasteiger partial charge is 0.300 e. The highest BCUT2D eigenvalue weighted by Gasteiger charge is 2.29. The highest BCUT2D eigenvalue weighted by Crippen LogP contribution is 2.30. The Morgan fingerprint density at radius 1 is 1.45 bits per heavy atom. The quantitative estimate of drug-likeness (QED) is 0.667. The third-order valence-electron chi connectivity index (χ3n) is 3.98. The number of rotatable bonds is 5. The van der Waals surface area contributed by atoms with E-state index in [-0.39, 0.29) is 22.2 Å². The summed E-state index contributed by atoms with van der Waals surface area (Å²) in [5.74, 6) is 0.245. The summed E-state index contributed by atoms with van der Waals surface area (Å²) in [4.78, 5) is 24.8. The summed E-state index contributed by atoms with van der Waals surface area (Å²) in [6, 6.07) is 4.47. The van der Waals surface area contributed by atoms with Crippen LogP contribution in [0.3, 0.4) is 0 Å². The van der Waals surface area contributed by atoms with Crippen LogP contribution < -0.4 is 5.32 Å². The van der Waals surface area contributed by atoms with E-state index in [0.717, 1.165) is 25.9 Å². The van der Waals surface area contributed by atoms with Gasteiger partial charge in [0.15, 0.2) is 0 Å². The van der Waals surface area contributed by atoms with Gasteiger partial charge in [0, 0.05) is 13.1 Å². The number of hydrogen-bond donors (Lipinski definition) is 1. The van der Waals surface area contributed by atoms with Crippen molar-refractivity contribution in [2.75, 3.05) is 26.2 Å². The summed E-state index contributed by atoms with van der Waals surface area (Å²) in [6.45, 7) is 5.21. The molecule has 1 N–H and O–H groups in total. The number of nitrogens with zero attached hydrogens (tertiary/aromatic N) is 2. The minimum Gasteiger partial charge on any atom is -0.338 e. The third kappa shape index (κ3) is 3.75. The van der Waals surface area contributed by atoms with Crippen LogP contribution in [-0.2, 0) is 0 Å². The van der Waals surface area contributed by atoms with E-state index in [1.807, 2.05) is 0 Å². The molecule has 0 aromatic heterocycles. The lowest BCUT2D eigenvalue weighted by atomic mass is 9.96. The summed E-state index contributed by atoms with van der Waals surface area (Å²) >= 11 is 5.87. The number of carbonyl (C=O) groups is 1. The van der Waals surface area contributed by atoms with Gasteiger partial charge >= 0.3 is 5.69 Å². The number of para-hydroxylation sites is 1. The summed E-state index contributed by atoms with van der Waals surface area (Å²) in [5, 5.41) is 14.5. The first-order chi connectivity index (χ1) is 10.5. The Kier molecular flexibility index (Phi) is 5.74. The van der Waals surface area contributed by atoms with E-state index >= 15 is 0 Å².